The zero-order valence-electron chi connectivity index (χ0n) is 17.8. The van der Waals surface area contributed by atoms with Crippen molar-refractivity contribution in [3.63, 3.8) is 0 Å². The maximum absolute atomic E-state index is 13.1. The van der Waals surface area contributed by atoms with Crippen LogP contribution in [-0.2, 0) is 13.1 Å². The van der Waals surface area contributed by atoms with E-state index in [-0.39, 0.29) is 29.9 Å². The number of fused-ring (bicyclic) bond motifs is 1. The predicted octanol–water partition coefficient (Wildman–Crippen LogP) is 3.64. The molecule has 0 saturated heterocycles. The molecule has 3 aromatic heterocycles. The second-order valence-electron chi connectivity index (χ2n) is 6.34. The van der Waals surface area contributed by atoms with E-state index in [9.17, 15) is 4.79 Å². The van der Waals surface area contributed by atoms with E-state index in [1.54, 1.807) is 0 Å². The molecule has 0 spiro atoms. The molecule has 0 aromatic carbocycles. The zero-order chi connectivity index (χ0) is 21.7. The molecule has 2 N–H and O–H groups in total. The van der Waals surface area contributed by atoms with Gasteiger partial charge in [-0.2, -0.15) is 9.97 Å². The molecule has 0 saturated carbocycles. The van der Waals surface area contributed by atoms with Crippen molar-refractivity contribution in [2.24, 2.45) is 0 Å². The summed E-state index contributed by atoms with van der Waals surface area (Å²) in [6, 6.07) is 0. The van der Waals surface area contributed by atoms with Crippen LogP contribution < -0.4 is 11.4 Å². The Kier molecular flexibility index (Phi) is 7.40. The lowest BCUT2D eigenvalue weighted by molar-refractivity contribution is 0.697. The highest BCUT2D eigenvalue weighted by atomic mass is 35.5. The summed E-state index contributed by atoms with van der Waals surface area (Å²) in [5.74, 6) is 5.95. The van der Waals surface area contributed by atoms with Crippen LogP contribution in [0.4, 0.5) is 5.95 Å². The van der Waals surface area contributed by atoms with Gasteiger partial charge in [0, 0.05) is 12.6 Å². The van der Waals surface area contributed by atoms with Gasteiger partial charge in [-0.3, -0.25) is 14.1 Å². The molecule has 3 aromatic rings. The number of halogens is 1. The molecule has 0 aliphatic heterocycles. The van der Waals surface area contributed by atoms with Crippen LogP contribution in [0.1, 0.15) is 49.6 Å². The van der Waals surface area contributed by atoms with Gasteiger partial charge in [0.05, 0.1) is 18.8 Å². The minimum atomic E-state index is -0.267. The molecule has 7 nitrogen and oxygen atoms in total. The number of nitrogens with two attached hydrogens (primary N) is 1. The molecule has 0 fully saturated rings. The van der Waals surface area contributed by atoms with E-state index in [1.165, 1.54) is 9.13 Å². The molecule has 3 heterocycles. The standard InChI is InChI=1S/C19H21ClN6O.C2H6/c1-5-6-7-8-25-15-16(20)23-18(21)24-17(15)26(19(25)27)10-14-13(4)12(3)11(2)9-22-14;1-2/h9H,5,8,10H2,1-4H3,(H2,21,23,24);1-2H3. The van der Waals surface area contributed by atoms with Gasteiger partial charge in [0.25, 0.3) is 0 Å². The quantitative estimate of drug-likeness (QED) is 0.521. The molecule has 0 atom stereocenters. The van der Waals surface area contributed by atoms with Crippen LogP contribution >= 0.6 is 11.6 Å². The molecule has 0 amide bonds. The first-order chi connectivity index (χ1) is 13.8. The van der Waals surface area contributed by atoms with Gasteiger partial charge in [-0.25, -0.2) is 4.79 Å². The van der Waals surface area contributed by atoms with Crippen LogP contribution in [-0.4, -0.2) is 24.1 Å². The van der Waals surface area contributed by atoms with Gasteiger partial charge in [-0.15, -0.1) is 5.92 Å². The number of imidazole rings is 1. The minimum absolute atomic E-state index is 0.0165. The van der Waals surface area contributed by atoms with E-state index < -0.39 is 0 Å². The summed E-state index contributed by atoms with van der Waals surface area (Å²) in [7, 11) is 0. The van der Waals surface area contributed by atoms with Crippen LogP contribution in [0.2, 0.25) is 5.15 Å². The van der Waals surface area contributed by atoms with E-state index in [2.05, 4.69) is 26.8 Å². The lowest BCUT2D eigenvalue weighted by Crippen LogP contribution is -2.25. The average Bonchev–Trinajstić information content (AvgIpc) is 2.96. The molecule has 0 unspecified atom stereocenters. The number of hydrogen-bond acceptors (Lipinski definition) is 5. The molecule has 0 radical (unpaired) electrons. The van der Waals surface area contributed by atoms with Gasteiger partial charge >= 0.3 is 5.69 Å². The van der Waals surface area contributed by atoms with Crippen LogP contribution in [0.3, 0.4) is 0 Å². The van der Waals surface area contributed by atoms with Gasteiger partial charge in [0.15, 0.2) is 10.8 Å². The molecule has 29 heavy (non-hydrogen) atoms. The Hall–Kier alpha value is -2.85. The van der Waals surface area contributed by atoms with E-state index >= 15 is 0 Å². The van der Waals surface area contributed by atoms with Crippen molar-refractivity contribution in [3.05, 3.63) is 44.2 Å². The van der Waals surface area contributed by atoms with E-state index in [1.807, 2.05) is 47.7 Å². The summed E-state index contributed by atoms with van der Waals surface area (Å²) in [4.78, 5) is 25.8. The highest BCUT2D eigenvalue weighted by Gasteiger charge is 2.20. The van der Waals surface area contributed by atoms with Crippen LogP contribution in [0.15, 0.2) is 11.0 Å². The Labute approximate surface area is 176 Å². The average molecular weight is 415 g/mol. The number of nitrogen functional groups attached to an aromatic ring is 1. The maximum Gasteiger partial charge on any atom is 0.331 e. The monoisotopic (exact) mass is 414 g/mol. The molecule has 0 aliphatic rings. The van der Waals surface area contributed by atoms with Gasteiger partial charge in [0.1, 0.15) is 5.52 Å². The van der Waals surface area contributed by atoms with Gasteiger partial charge < -0.3 is 5.73 Å². The second-order valence-corrected chi connectivity index (χ2v) is 6.70. The van der Waals surface area contributed by atoms with Crippen molar-refractivity contribution in [2.75, 3.05) is 5.73 Å². The molecule has 8 heteroatoms. The molecule has 154 valence electrons. The molecule has 3 rings (SSSR count). The van der Waals surface area contributed by atoms with Gasteiger partial charge in [-0.1, -0.05) is 38.3 Å². The lowest BCUT2D eigenvalue weighted by Gasteiger charge is -2.10. The number of rotatable bonds is 3. The van der Waals surface area contributed by atoms with E-state index in [0.29, 0.717) is 17.6 Å². The first kappa shape index (κ1) is 22.4. The topological polar surface area (TPSA) is 91.6 Å². The maximum atomic E-state index is 13.1. The largest absolute Gasteiger partial charge is 0.368 e. The number of nitrogens with zero attached hydrogens (tertiary/aromatic N) is 5. The molecular weight excluding hydrogens is 388 g/mol. The molecular formula is C21H27ClN6O. The fourth-order valence-corrected chi connectivity index (χ4v) is 3.20. The molecule has 0 bridgehead atoms. The SMILES string of the molecule is CC.CCC#CCn1c(=O)n(Cc2ncc(C)c(C)c2C)c2nc(N)nc(Cl)c21. The fraction of sp³-hybridized carbons (Fsp3) is 0.429. The third kappa shape index (κ3) is 4.43. The summed E-state index contributed by atoms with van der Waals surface area (Å²) >= 11 is 6.28. The Morgan fingerprint density at radius 3 is 2.45 bits per heavy atom. The Bertz CT molecular complexity index is 1150. The summed E-state index contributed by atoms with van der Waals surface area (Å²) < 4.78 is 3.01. The van der Waals surface area contributed by atoms with Crippen molar-refractivity contribution in [3.8, 4) is 11.8 Å². The lowest BCUT2D eigenvalue weighted by atomic mass is 10.0. The zero-order valence-corrected chi connectivity index (χ0v) is 18.6. The summed E-state index contributed by atoms with van der Waals surface area (Å²) in [6.07, 6.45) is 2.52. The number of aromatic nitrogens is 5. The fourth-order valence-electron chi connectivity index (χ4n) is 2.92. The number of anilines is 1. The third-order valence-corrected chi connectivity index (χ3v) is 4.94. The Morgan fingerprint density at radius 2 is 1.79 bits per heavy atom. The van der Waals surface area contributed by atoms with Crippen molar-refractivity contribution in [1.82, 2.24) is 24.1 Å². The van der Waals surface area contributed by atoms with Crippen molar-refractivity contribution in [1.29, 1.82) is 0 Å². The van der Waals surface area contributed by atoms with Gasteiger partial charge in [0.2, 0.25) is 5.95 Å². The first-order valence-electron chi connectivity index (χ1n) is 9.64. The normalized spacial score (nSPS) is 10.3. The van der Waals surface area contributed by atoms with Crippen LogP contribution in [0.25, 0.3) is 11.2 Å². The summed E-state index contributed by atoms with van der Waals surface area (Å²) in [5, 5.41) is 0.136. The second kappa shape index (κ2) is 9.57. The number of hydrogen-bond donors (Lipinski definition) is 1. The van der Waals surface area contributed by atoms with Gasteiger partial charge in [-0.05, 0) is 37.5 Å². The van der Waals surface area contributed by atoms with E-state index in [0.717, 1.165) is 22.4 Å². The summed E-state index contributed by atoms with van der Waals surface area (Å²) in [6.45, 7) is 12.5. The van der Waals surface area contributed by atoms with Crippen molar-refractivity contribution < 1.29 is 0 Å². The Morgan fingerprint density at radius 1 is 1.10 bits per heavy atom. The van der Waals surface area contributed by atoms with Crippen molar-refractivity contribution >= 4 is 28.7 Å². The highest BCUT2D eigenvalue weighted by molar-refractivity contribution is 6.33. The third-order valence-electron chi connectivity index (χ3n) is 4.68. The van der Waals surface area contributed by atoms with Crippen LogP contribution in [0, 0.1) is 32.6 Å². The number of aryl methyl sites for hydroxylation is 1. The van der Waals surface area contributed by atoms with E-state index in [4.69, 9.17) is 17.3 Å². The predicted molar refractivity (Wildman–Crippen MR) is 118 cm³/mol. The summed E-state index contributed by atoms with van der Waals surface area (Å²) in [5.41, 5.74) is 10.4. The smallest absolute Gasteiger partial charge is 0.331 e. The van der Waals surface area contributed by atoms with Crippen molar-refractivity contribution in [2.45, 2.75) is 61.1 Å². The Balaban J connectivity index is 0.00000145. The minimum Gasteiger partial charge on any atom is -0.368 e. The highest BCUT2D eigenvalue weighted by Crippen LogP contribution is 2.22. The van der Waals surface area contributed by atoms with Crippen LogP contribution in [0.5, 0.6) is 0 Å². The molecule has 0 aliphatic carbocycles. The number of pyridine rings is 1. The first-order valence-corrected chi connectivity index (χ1v) is 10.0.